The lowest BCUT2D eigenvalue weighted by molar-refractivity contribution is 0.0785. The first-order valence-corrected chi connectivity index (χ1v) is 10.9. The molecule has 1 saturated heterocycles. The maximum atomic E-state index is 12.7. The Labute approximate surface area is 170 Å². The van der Waals surface area contributed by atoms with E-state index in [1.807, 2.05) is 12.1 Å². The van der Waals surface area contributed by atoms with Crippen molar-refractivity contribution in [2.45, 2.75) is 30.4 Å². The SMILES string of the molecule is CN(Cc1cccc(Cl)c1)C(=O)c1cccc(S(=O)(=O)NCC2CCCO2)c1. The Morgan fingerprint density at radius 2 is 2.04 bits per heavy atom. The van der Waals surface area contributed by atoms with Gasteiger partial charge in [0.1, 0.15) is 0 Å². The van der Waals surface area contributed by atoms with Crippen LogP contribution in [-0.2, 0) is 21.3 Å². The molecule has 2 aromatic rings. The number of hydrogen-bond donors (Lipinski definition) is 1. The molecule has 28 heavy (non-hydrogen) atoms. The molecule has 1 atom stereocenters. The van der Waals surface area contributed by atoms with Crippen LogP contribution in [0.2, 0.25) is 5.02 Å². The number of amides is 1. The van der Waals surface area contributed by atoms with Crippen molar-refractivity contribution in [2.24, 2.45) is 0 Å². The van der Waals surface area contributed by atoms with Crippen LogP contribution in [0.15, 0.2) is 53.4 Å². The van der Waals surface area contributed by atoms with Crippen molar-refractivity contribution in [1.82, 2.24) is 9.62 Å². The third kappa shape index (κ3) is 5.32. The number of nitrogens with zero attached hydrogens (tertiary/aromatic N) is 1. The van der Waals surface area contributed by atoms with Crippen LogP contribution in [0.4, 0.5) is 0 Å². The summed E-state index contributed by atoms with van der Waals surface area (Å²) in [6.07, 6.45) is 1.69. The largest absolute Gasteiger partial charge is 0.377 e. The summed E-state index contributed by atoms with van der Waals surface area (Å²) >= 11 is 5.99. The van der Waals surface area contributed by atoms with Gasteiger partial charge in [-0.2, -0.15) is 0 Å². The monoisotopic (exact) mass is 422 g/mol. The molecule has 1 amide bonds. The fraction of sp³-hybridized carbons (Fsp3) is 0.350. The van der Waals surface area contributed by atoms with Crippen LogP contribution >= 0.6 is 11.6 Å². The zero-order valence-corrected chi connectivity index (χ0v) is 17.2. The summed E-state index contributed by atoms with van der Waals surface area (Å²) < 4.78 is 33.1. The summed E-state index contributed by atoms with van der Waals surface area (Å²) in [5, 5.41) is 0.601. The average molecular weight is 423 g/mol. The molecule has 0 spiro atoms. The van der Waals surface area contributed by atoms with E-state index >= 15 is 0 Å². The maximum Gasteiger partial charge on any atom is 0.253 e. The van der Waals surface area contributed by atoms with Crippen LogP contribution in [0, 0.1) is 0 Å². The van der Waals surface area contributed by atoms with Crippen LogP contribution in [0.5, 0.6) is 0 Å². The number of carbonyl (C=O) groups excluding carboxylic acids is 1. The molecule has 2 aromatic carbocycles. The van der Waals surface area contributed by atoms with Crippen LogP contribution in [-0.4, -0.2) is 45.5 Å². The highest BCUT2D eigenvalue weighted by molar-refractivity contribution is 7.89. The number of halogens is 1. The number of rotatable bonds is 7. The molecule has 0 saturated carbocycles. The lowest BCUT2D eigenvalue weighted by Gasteiger charge is -2.18. The predicted molar refractivity (Wildman–Crippen MR) is 108 cm³/mol. The number of sulfonamides is 1. The van der Waals surface area contributed by atoms with Crippen LogP contribution in [0.3, 0.4) is 0 Å². The Balaban J connectivity index is 1.69. The number of nitrogens with one attached hydrogen (secondary N) is 1. The topological polar surface area (TPSA) is 75.7 Å². The number of ether oxygens (including phenoxy) is 1. The van der Waals surface area contributed by atoms with Crippen molar-refractivity contribution in [2.75, 3.05) is 20.2 Å². The Morgan fingerprint density at radius 3 is 2.75 bits per heavy atom. The second kappa shape index (κ2) is 9.05. The molecular weight excluding hydrogens is 400 g/mol. The quantitative estimate of drug-likeness (QED) is 0.744. The predicted octanol–water partition coefficient (Wildman–Crippen LogP) is 3.07. The Morgan fingerprint density at radius 1 is 1.25 bits per heavy atom. The molecule has 0 aliphatic carbocycles. The van der Waals surface area contributed by atoms with Gasteiger partial charge in [-0.1, -0.05) is 29.8 Å². The summed E-state index contributed by atoms with van der Waals surface area (Å²) in [4.78, 5) is 14.3. The molecular formula is C20H23ClN2O4S. The Bertz CT molecular complexity index is 943. The van der Waals surface area contributed by atoms with E-state index in [-0.39, 0.29) is 23.5 Å². The van der Waals surface area contributed by atoms with E-state index < -0.39 is 10.0 Å². The van der Waals surface area contributed by atoms with E-state index in [1.54, 1.807) is 31.3 Å². The van der Waals surface area contributed by atoms with Crippen molar-refractivity contribution in [3.05, 3.63) is 64.7 Å². The molecule has 1 aliphatic rings. The van der Waals surface area contributed by atoms with Gasteiger partial charge in [0.25, 0.3) is 5.91 Å². The molecule has 8 heteroatoms. The van der Waals surface area contributed by atoms with Gasteiger partial charge < -0.3 is 9.64 Å². The average Bonchev–Trinajstić information content (AvgIpc) is 3.20. The normalized spacial score (nSPS) is 16.9. The van der Waals surface area contributed by atoms with Gasteiger partial charge in [-0.25, -0.2) is 13.1 Å². The summed E-state index contributed by atoms with van der Waals surface area (Å²) in [6.45, 7) is 1.26. The van der Waals surface area contributed by atoms with Gasteiger partial charge in [0, 0.05) is 37.3 Å². The van der Waals surface area contributed by atoms with E-state index in [0.29, 0.717) is 23.7 Å². The number of hydrogen-bond acceptors (Lipinski definition) is 4. The second-order valence-corrected chi connectivity index (χ2v) is 9.01. The van der Waals surface area contributed by atoms with E-state index in [0.717, 1.165) is 18.4 Å². The van der Waals surface area contributed by atoms with E-state index in [1.165, 1.54) is 17.0 Å². The molecule has 0 radical (unpaired) electrons. The zero-order chi connectivity index (χ0) is 20.1. The molecule has 1 aliphatic heterocycles. The smallest absolute Gasteiger partial charge is 0.253 e. The number of carbonyl (C=O) groups is 1. The molecule has 0 bridgehead atoms. The van der Waals surface area contributed by atoms with Gasteiger partial charge in [-0.3, -0.25) is 4.79 Å². The molecule has 150 valence electrons. The highest BCUT2D eigenvalue weighted by Crippen LogP contribution is 2.17. The minimum absolute atomic E-state index is 0.0625. The van der Waals surface area contributed by atoms with Crippen molar-refractivity contribution >= 4 is 27.5 Å². The van der Waals surface area contributed by atoms with Crippen LogP contribution in [0.1, 0.15) is 28.8 Å². The Hall–Kier alpha value is -1.93. The van der Waals surface area contributed by atoms with E-state index in [9.17, 15) is 13.2 Å². The van der Waals surface area contributed by atoms with E-state index in [2.05, 4.69) is 4.72 Å². The zero-order valence-electron chi connectivity index (χ0n) is 15.6. The first-order chi connectivity index (χ1) is 13.3. The second-order valence-electron chi connectivity index (χ2n) is 6.81. The van der Waals surface area contributed by atoms with Gasteiger partial charge in [0.2, 0.25) is 10.0 Å². The van der Waals surface area contributed by atoms with Crippen molar-refractivity contribution in [3.8, 4) is 0 Å². The molecule has 1 N–H and O–H groups in total. The molecule has 3 rings (SSSR count). The van der Waals surface area contributed by atoms with Gasteiger partial charge in [-0.15, -0.1) is 0 Å². The molecule has 6 nitrogen and oxygen atoms in total. The summed E-state index contributed by atoms with van der Waals surface area (Å²) in [5.74, 6) is -0.267. The summed E-state index contributed by atoms with van der Waals surface area (Å²) in [6, 6.07) is 13.3. The first-order valence-electron chi connectivity index (χ1n) is 9.06. The third-order valence-electron chi connectivity index (χ3n) is 4.57. The molecule has 1 unspecified atom stereocenters. The summed E-state index contributed by atoms with van der Waals surface area (Å²) in [5.41, 5.74) is 1.20. The lowest BCUT2D eigenvalue weighted by atomic mass is 10.1. The third-order valence-corrected chi connectivity index (χ3v) is 6.23. The van der Waals surface area contributed by atoms with Crippen molar-refractivity contribution in [3.63, 3.8) is 0 Å². The van der Waals surface area contributed by atoms with Crippen LogP contribution in [0.25, 0.3) is 0 Å². The lowest BCUT2D eigenvalue weighted by Crippen LogP contribution is -2.32. The standard InChI is InChI=1S/C20H23ClN2O4S/c1-23(14-15-5-2-7-17(21)11-15)20(24)16-6-3-9-19(12-16)28(25,26)22-13-18-8-4-10-27-18/h2-3,5-7,9,11-12,18,22H,4,8,10,13-14H2,1H3. The number of benzene rings is 2. The van der Waals surface area contributed by atoms with Gasteiger partial charge >= 0.3 is 0 Å². The summed E-state index contributed by atoms with van der Waals surface area (Å²) in [7, 11) is -2.05. The molecule has 1 heterocycles. The minimum atomic E-state index is -3.71. The Kier molecular flexibility index (Phi) is 6.72. The minimum Gasteiger partial charge on any atom is -0.377 e. The van der Waals surface area contributed by atoms with Gasteiger partial charge in [0.05, 0.1) is 11.0 Å². The highest BCUT2D eigenvalue weighted by Gasteiger charge is 2.21. The van der Waals surface area contributed by atoms with Crippen molar-refractivity contribution in [1.29, 1.82) is 0 Å². The maximum absolute atomic E-state index is 12.7. The first kappa shape index (κ1) is 20.8. The van der Waals surface area contributed by atoms with Crippen LogP contribution < -0.4 is 4.72 Å². The molecule has 0 aromatic heterocycles. The fourth-order valence-electron chi connectivity index (χ4n) is 3.09. The highest BCUT2D eigenvalue weighted by atomic mass is 35.5. The molecule has 1 fully saturated rings. The van der Waals surface area contributed by atoms with Gasteiger partial charge in [0.15, 0.2) is 0 Å². The van der Waals surface area contributed by atoms with E-state index in [4.69, 9.17) is 16.3 Å². The van der Waals surface area contributed by atoms with Gasteiger partial charge in [-0.05, 0) is 48.7 Å². The van der Waals surface area contributed by atoms with Crippen molar-refractivity contribution < 1.29 is 17.9 Å². The fourth-order valence-corrected chi connectivity index (χ4v) is 4.41.